The van der Waals surface area contributed by atoms with Crippen molar-refractivity contribution in [3.05, 3.63) is 35.9 Å². The van der Waals surface area contributed by atoms with Crippen molar-refractivity contribution in [1.82, 2.24) is 10.8 Å². The molecular weight excluding hydrogens is 338 g/mol. The molecule has 4 N–H and O–H groups in total. The van der Waals surface area contributed by atoms with Crippen molar-refractivity contribution >= 4 is 12.0 Å². The van der Waals surface area contributed by atoms with Crippen LogP contribution in [0.4, 0.5) is 4.79 Å². The number of nitrogens with one attached hydrogen (secondary N) is 2. The van der Waals surface area contributed by atoms with E-state index in [0.717, 1.165) is 18.4 Å². The van der Waals surface area contributed by atoms with Crippen molar-refractivity contribution < 1.29 is 23.9 Å². The highest BCUT2D eigenvalue weighted by molar-refractivity contribution is 5.81. The number of carbonyl (C=O) groups is 2. The minimum Gasteiger partial charge on any atom is -0.448 e. The van der Waals surface area contributed by atoms with E-state index in [4.69, 9.17) is 20.0 Å². The summed E-state index contributed by atoms with van der Waals surface area (Å²) < 4.78 is 10.1. The Balaban J connectivity index is 1.96. The van der Waals surface area contributed by atoms with Gasteiger partial charge in [-0.1, -0.05) is 43.7 Å². The summed E-state index contributed by atoms with van der Waals surface area (Å²) in [4.78, 5) is 28.0. The van der Waals surface area contributed by atoms with Crippen molar-refractivity contribution in [1.29, 1.82) is 0 Å². The molecule has 0 aromatic heterocycles. The second kappa shape index (κ2) is 14.1. The standard InChI is InChI=1S/C18H29N3O5/c1-2-3-10-25-18(23)21-26-13-12-24-11-9-20-17(22)16(19)14-15-7-5-4-6-8-15/h4-8,16H,2-3,9-14,19H2,1H3,(H,20,22)(H,21,23). The van der Waals surface area contributed by atoms with Crippen LogP contribution in [-0.2, 0) is 25.5 Å². The molecule has 0 radical (unpaired) electrons. The van der Waals surface area contributed by atoms with E-state index in [2.05, 4.69) is 10.8 Å². The third-order valence-corrected chi connectivity index (χ3v) is 3.40. The van der Waals surface area contributed by atoms with Gasteiger partial charge in [0.1, 0.15) is 0 Å². The van der Waals surface area contributed by atoms with Crippen LogP contribution in [-0.4, -0.2) is 51.0 Å². The first-order chi connectivity index (χ1) is 12.6. The first-order valence-corrected chi connectivity index (χ1v) is 8.83. The van der Waals surface area contributed by atoms with Gasteiger partial charge in [-0.3, -0.25) is 9.63 Å². The molecule has 0 spiro atoms. The van der Waals surface area contributed by atoms with Gasteiger partial charge in [-0.2, -0.15) is 5.48 Å². The number of hydrogen-bond donors (Lipinski definition) is 3. The van der Waals surface area contributed by atoms with E-state index < -0.39 is 12.1 Å². The molecule has 2 amide bonds. The quantitative estimate of drug-likeness (QED) is 0.356. The number of ether oxygens (including phenoxy) is 2. The van der Waals surface area contributed by atoms with Gasteiger partial charge in [0.25, 0.3) is 0 Å². The number of amides is 2. The molecule has 1 unspecified atom stereocenters. The Kier molecular flexibility index (Phi) is 11.8. The molecule has 0 fully saturated rings. The first-order valence-electron chi connectivity index (χ1n) is 8.83. The summed E-state index contributed by atoms with van der Waals surface area (Å²) in [6.07, 6.45) is 1.65. The van der Waals surface area contributed by atoms with E-state index in [1.807, 2.05) is 37.3 Å². The predicted molar refractivity (Wildman–Crippen MR) is 97.3 cm³/mol. The van der Waals surface area contributed by atoms with Crippen molar-refractivity contribution in [2.45, 2.75) is 32.2 Å². The summed E-state index contributed by atoms with van der Waals surface area (Å²) in [5.41, 5.74) is 9.06. The van der Waals surface area contributed by atoms with Gasteiger partial charge in [-0.15, -0.1) is 0 Å². The number of benzene rings is 1. The van der Waals surface area contributed by atoms with Crippen LogP contribution in [0.2, 0.25) is 0 Å². The second-order valence-corrected chi connectivity index (χ2v) is 5.64. The van der Waals surface area contributed by atoms with Crippen LogP contribution in [0, 0.1) is 0 Å². The highest BCUT2D eigenvalue weighted by Crippen LogP contribution is 2.01. The van der Waals surface area contributed by atoms with E-state index in [-0.39, 0.29) is 19.1 Å². The van der Waals surface area contributed by atoms with Gasteiger partial charge in [-0.05, 0) is 18.4 Å². The third kappa shape index (κ3) is 10.7. The molecule has 1 aromatic carbocycles. The fourth-order valence-corrected chi connectivity index (χ4v) is 1.99. The Bertz CT molecular complexity index is 513. The molecule has 26 heavy (non-hydrogen) atoms. The molecule has 1 aromatic rings. The Morgan fingerprint density at radius 3 is 2.62 bits per heavy atom. The third-order valence-electron chi connectivity index (χ3n) is 3.40. The van der Waals surface area contributed by atoms with Crippen molar-refractivity contribution in [2.24, 2.45) is 5.73 Å². The smallest absolute Gasteiger partial charge is 0.431 e. The van der Waals surface area contributed by atoms with E-state index in [9.17, 15) is 9.59 Å². The molecule has 0 aliphatic heterocycles. The lowest BCUT2D eigenvalue weighted by Crippen LogP contribution is -2.43. The molecule has 146 valence electrons. The maximum atomic E-state index is 11.9. The number of hydrogen-bond acceptors (Lipinski definition) is 6. The van der Waals surface area contributed by atoms with Gasteiger partial charge >= 0.3 is 6.09 Å². The molecule has 8 nitrogen and oxygen atoms in total. The number of nitrogens with two attached hydrogens (primary N) is 1. The van der Waals surface area contributed by atoms with Gasteiger partial charge in [0.05, 0.1) is 32.5 Å². The molecular formula is C18H29N3O5. The minimum absolute atomic E-state index is 0.185. The lowest BCUT2D eigenvalue weighted by atomic mass is 10.1. The average Bonchev–Trinajstić information content (AvgIpc) is 2.64. The number of carbonyl (C=O) groups excluding carboxylic acids is 2. The van der Waals surface area contributed by atoms with Gasteiger partial charge < -0.3 is 20.5 Å². The van der Waals surface area contributed by atoms with Crippen LogP contribution < -0.4 is 16.5 Å². The Hall–Kier alpha value is -2.16. The largest absolute Gasteiger partial charge is 0.448 e. The van der Waals surface area contributed by atoms with E-state index >= 15 is 0 Å². The number of hydroxylamine groups is 1. The van der Waals surface area contributed by atoms with Crippen LogP contribution in [0.5, 0.6) is 0 Å². The second-order valence-electron chi connectivity index (χ2n) is 5.64. The lowest BCUT2D eigenvalue weighted by molar-refractivity contribution is -0.122. The monoisotopic (exact) mass is 367 g/mol. The maximum absolute atomic E-state index is 11.9. The fourth-order valence-electron chi connectivity index (χ4n) is 1.99. The fraction of sp³-hybridized carbons (Fsp3) is 0.556. The molecule has 0 saturated heterocycles. The van der Waals surface area contributed by atoms with Crippen LogP contribution in [0.25, 0.3) is 0 Å². The summed E-state index contributed by atoms with van der Waals surface area (Å²) in [5, 5.41) is 2.72. The SMILES string of the molecule is CCCCOC(=O)NOCCOCCNC(=O)C(N)Cc1ccccc1. The summed E-state index contributed by atoms with van der Waals surface area (Å²) in [6, 6.07) is 9.02. The Morgan fingerprint density at radius 1 is 1.12 bits per heavy atom. The van der Waals surface area contributed by atoms with Gasteiger partial charge in [0.2, 0.25) is 5.91 Å². The molecule has 8 heteroatoms. The zero-order valence-electron chi connectivity index (χ0n) is 15.2. The van der Waals surface area contributed by atoms with Crippen LogP contribution >= 0.6 is 0 Å². The van der Waals surface area contributed by atoms with Gasteiger partial charge in [0, 0.05) is 6.54 Å². The normalized spacial score (nSPS) is 11.6. The molecule has 0 heterocycles. The zero-order valence-corrected chi connectivity index (χ0v) is 15.2. The highest BCUT2D eigenvalue weighted by Gasteiger charge is 2.13. The van der Waals surface area contributed by atoms with Gasteiger partial charge in [0.15, 0.2) is 0 Å². The highest BCUT2D eigenvalue weighted by atomic mass is 16.7. The van der Waals surface area contributed by atoms with E-state index in [0.29, 0.717) is 26.2 Å². The van der Waals surface area contributed by atoms with Crippen LogP contribution in [0.3, 0.4) is 0 Å². The molecule has 0 saturated carbocycles. The molecule has 1 rings (SSSR count). The average molecular weight is 367 g/mol. The van der Waals surface area contributed by atoms with Crippen molar-refractivity contribution in [2.75, 3.05) is 33.0 Å². The van der Waals surface area contributed by atoms with Crippen LogP contribution in [0.15, 0.2) is 30.3 Å². The van der Waals surface area contributed by atoms with Crippen LogP contribution in [0.1, 0.15) is 25.3 Å². The minimum atomic E-state index is -0.613. The summed E-state index contributed by atoms with van der Waals surface area (Å²) in [6.45, 7) is 3.52. The molecule has 0 aliphatic carbocycles. The van der Waals surface area contributed by atoms with Gasteiger partial charge in [-0.25, -0.2) is 4.79 Å². The van der Waals surface area contributed by atoms with E-state index in [1.54, 1.807) is 0 Å². The topological polar surface area (TPSA) is 112 Å². The summed E-state index contributed by atoms with van der Waals surface area (Å²) in [5.74, 6) is -0.217. The number of unbranched alkanes of at least 4 members (excludes halogenated alkanes) is 1. The maximum Gasteiger partial charge on any atom is 0.431 e. The molecule has 1 atom stereocenters. The Morgan fingerprint density at radius 2 is 1.88 bits per heavy atom. The summed E-state index contributed by atoms with van der Waals surface area (Å²) >= 11 is 0. The summed E-state index contributed by atoms with van der Waals surface area (Å²) in [7, 11) is 0. The molecule has 0 aliphatic rings. The zero-order chi connectivity index (χ0) is 19.0. The van der Waals surface area contributed by atoms with Crippen molar-refractivity contribution in [3.8, 4) is 0 Å². The van der Waals surface area contributed by atoms with E-state index in [1.165, 1.54) is 0 Å². The lowest BCUT2D eigenvalue weighted by Gasteiger charge is -2.12. The number of rotatable bonds is 13. The predicted octanol–water partition coefficient (Wildman–Crippen LogP) is 1.15. The molecule has 0 bridgehead atoms. The Labute approximate surface area is 154 Å². The van der Waals surface area contributed by atoms with Crippen molar-refractivity contribution in [3.63, 3.8) is 0 Å². The first kappa shape index (κ1) is 21.9.